The summed E-state index contributed by atoms with van der Waals surface area (Å²) in [5, 5.41) is 23.4. The van der Waals surface area contributed by atoms with E-state index in [9.17, 15) is 9.90 Å². The van der Waals surface area contributed by atoms with Crippen LogP contribution in [-0.2, 0) is 17.6 Å². The van der Waals surface area contributed by atoms with Gasteiger partial charge < -0.3 is 20.5 Å². The van der Waals surface area contributed by atoms with Gasteiger partial charge in [-0.15, -0.1) is 22.7 Å². The summed E-state index contributed by atoms with van der Waals surface area (Å²) in [4.78, 5) is 12.7. The van der Waals surface area contributed by atoms with E-state index >= 15 is 0 Å². The predicted molar refractivity (Wildman–Crippen MR) is 148 cm³/mol. The molecule has 4 rings (SSSR count). The molecule has 3 N–H and O–H groups in total. The monoisotopic (exact) mass is 510 g/mol. The lowest BCUT2D eigenvalue weighted by atomic mass is 10.1. The maximum atomic E-state index is 12.7. The van der Waals surface area contributed by atoms with Crippen LogP contribution in [0.25, 0.3) is 20.2 Å². The van der Waals surface area contributed by atoms with Crippen molar-refractivity contribution in [2.75, 3.05) is 13.1 Å². The Bertz CT molecular complexity index is 1280. The van der Waals surface area contributed by atoms with Gasteiger partial charge in [-0.2, -0.15) is 0 Å². The number of thiophene rings is 2. The van der Waals surface area contributed by atoms with Crippen molar-refractivity contribution in [2.45, 2.75) is 58.5 Å². The van der Waals surface area contributed by atoms with E-state index in [0.717, 1.165) is 51.7 Å². The molecule has 0 aliphatic carbocycles. The van der Waals surface area contributed by atoms with Crippen LogP contribution in [0.4, 0.5) is 0 Å². The molecule has 2 heterocycles. The third-order valence-electron chi connectivity index (χ3n) is 6.13. The maximum absolute atomic E-state index is 12.7. The first-order valence-corrected chi connectivity index (χ1v) is 14.0. The van der Waals surface area contributed by atoms with Crippen LogP contribution in [0, 0.1) is 0 Å². The molecule has 0 saturated carbocycles. The molecule has 0 aliphatic heterocycles. The average molecular weight is 511 g/mol. The summed E-state index contributed by atoms with van der Waals surface area (Å²) in [6.45, 7) is 8.07. The SMILES string of the molecule is CC(C)NCCc1csc2cccc(OC(=O)CCC(C)NCCc3csc4cccc(O)c34)c12. The second-order valence-corrected chi connectivity index (χ2v) is 11.1. The van der Waals surface area contributed by atoms with Crippen molar-refractivity contribution in [1.29, 1.82) is 0 Å². The average Bonchev–Trinajstić information content (AvgIpc) is 3.43. The van der Waals surface area contributed by atoms with Crippen LogP contribution in [0.1, 0.15) is 44.7 Å². The summed E-state index contributed by atoms with van der Waals surface area (Å²) in [6, 6.07) is 12.2. The lowest BCUT2D eigenvalue weighted by molar-refractivity contribution is -0.134. The second kappa shape index (κ2) is 12.0. The lowest BCUT2D eigenvalue weighted by Gasteiger charge is -2.14. The van der Waals surface area contributed by atoms with Gasteiger partial charge in [-0.1, -0.05) is 26.0 Å². The summed E-state index contributed by atoms with van der Waals surface area (Å²) in [6.07, 6.45) is 2.81. The largest absolute Gasteiger partial charge is 0.507 e. The number of fused-ring (bicyclic) bond motifs is 2. The van der Waals surface area contributed by atoms with Gasteiger partial charge in [0.15, 0.2) is 0 Å². The zero-order valence-corrected chi connectivity index (χ0v) is 22.2. The van der Waals surface area contributed by atoms with Crippen LogP contribution in [0.3, 0.4) is 0 Å². The number of carbonyl (C=O) groups excluding carboxylic acids is 1. The van der Waals surface area contributed by atoms with Gasteiger partial charge in [-0.05, 0) is 85.4 Å². The fourth-order valence-corrected chi connectivity index (χ4v) is 6.29. The van der Waals surface area contributed by atoms with Gasteiger partial charge in [0, 0.05) is 38.7 Å². The first-order chi connectivity index (χ1) is 16.9. The number of ether oxygens (including phenoxy) is 1. The minimum Gasteiger partial charge on any atom is -0.507 e. The Balaban J connectivity index is 1.27. The van der Waals surface area contributed by atoms with E-state index in [1.54, 1.807) is 28.7 Å². The molecule has 0 amide bonds. The van der Waals surface area contributed by atoms with E-state index in [2.05, 4.69) is 48.2 Å². The van der Waals surface area contributed by atoms with Gasteiger partial charge >= 0.3 is 5.97 Å². The van der Waals surface area contributed by atoms with Gasteiger partial charge in [0.2, 0.25) is 0 Å². The Morgan fingerprint density at radius 1 is 0.914 bits per heavy atom. The smallest absolute Gasteiger partial charge is 0.311 e. The number of hydrogen-bond acceptors (Lipinski definition) is 7. The van der Waals surface area contributed by atoms with Crippen LogP contribution in [0.15, 0.2) is 47.2 Å². The fraction of sp³-hybridized carbons (Fsp3) is 0.393. The quantitative estimate of drug-likeness (QED) is 0.155. The van der Waals surface area contributed by atoms with Crippen LogP contribution in [0.5, 0.6) is 11.5 Å². The second-order valence-electron chi connectivity index (χ2n) is 9.28. The van der Waals surface area contributed by atoms with Crippen molar-refractivity contribution in [3.05, 3.63) is 58.3 Å². The van der Waals surface area contributed by atoms with E-state index in [-0.39, 0.29) is 12.0 Å². The van der Waals surface area contributed by atoms with E-state index in [4.69, 9.17) is 4.74 Å². The highest BCUT2D eigenvalue weighted by Gasteiger charge is 2.15. The molecule has 35 heavy (non-hydrogen) atoms. The highest BCUT2D eigenvalue weighted by atomic mass is 32.1. The highest BCUT2D eigenvalue weighted by molar-refractivity contribution is 7.17. The summed E-state index contributed by atoms with van der Waals surface area (Å²) in [5.41, 5.74) is 2.38. The lowest BCUT2D eigenvalue weighted by Crippen LogP contribution is -2.29. The van der Waals surface area contributed by atoms with Gasteiger partial charge in [-0.25, -0.2) is 0 Å². The van der Waals surface area contributed by atoms with Crippen molar-refractivity contribution in [2.24, 2.45) is 0 Å². The Morgan fingerprint density at radius 3 is 2.26 bits per heavy atom. The number of nitrogens with one attached hydrogen (secondary N) is 2. The number of rotatable bonds is 12. The van der Waals surface area contributed by atoms with E-state index in [1.165, 1.54) is 5.56 Å². The van der Waals surface area contributed by atoms with Crippen molar-refractivity contribution >= 4 is 48.8 Å². The third-order valence-corrected chi connectivity index (χ3v) is 8.12. The minimum atomic E-state index is -0.197. The molecule has 5 nitrogen and oxygen atoms in total. The summed E-state index contributed by atoms with van der Waals surface area (Å²) >= 11 is 3.36. The van der Waals surface area contributed by atoms with Crippen LogP contribution < -0.4 is 15.4 Å². The normalized spacial score (nSPS) is 12.6. The van der Waals surface area contributed by atoms with Gasteiger partial charge in [0.25, 0.3) is 0 Å². The molecule has 186 valence electrons. The van der Waals surface area contributed by atoms with Crippen LogP contribution in [0.2, 0.25) is 0 Å². The summed E-state index contributed by atoms with van der Waals surface area (Å²) < 4.78 is 8.08. The Kier molecular flexibility index (Phi) is 8.78. The van der Waals surface area contributed by atoms with E-state index in [0.29, 0.717) is 30.4 Å². The van der Waals surface area contributed by atoms with Crippen LogP contribution in [-0.4, -0.2) is 36.2 Å². The molecule has 2 aromatic heterocycles. The molecule has 0 radical (unpaired) electrons. The summed E-state index contributed by atoms with van der Waals surface area (Å²) in [5.74, 6) is 0.810. The van der Waals surface area contributed by atoms with Crippen molar-refractivity contribution < 1.29 is 14.6 Å². The molecule has 0 aliphatic rings. The number of phenolic OH excluding ortho intramolecular Hbond substituents is 1. The number of esters is 1. The molecule has 7 heteroatoms. The van der Waals surface area contributed by atoms with E-state index < -0.39 is 0 Å². The standard InChI is InChI=1S/C28H34N2O3S2/c1-18(2)29-14-12-21-17-35-25-9-5-7-23(28(21)25)33-26(32)11-10-19(3)30-15-13-20-16-34-24-8-4-6-22(31)27(20)24/h4-9,16-19,29-31H,10-15H2,1-3H3. The third kappa shape index (κ3) is 6.61. The number of hydrogen-bond donors (Lipinski definition) is 3. The maximum Gasteiger partial charge on any atom is 0.311 e. The molecule has 1 atom stereocenters. The van der Waals surface area contributed by atoms with E-state index in [1.807, 2.05) is 24.3 Å². The Morgan fingerprint density at radius 2 is 1.54 bits per heavy atom. The highest BCUT2D eigenvalue weighted by Crippen LogP contribution is 2.35. The minimum absolute atomic E-state index is 0.190. The number of carbonyl (C=O) groups is 1. The van der Waals surface area contributed by atoms with Crippen molar-refractivity contribution in [3.63, 3.8) is 0 Å². The molecular formula is C28H34N2O3S2. The molecule has 0 bridgehead atoms. The van der Waals surface area contributed by atoms with Crippen molar-refractivity contribution in [1.82, 2.24) is 10.6 Å². The number of phenols is 1. The zero-order valence-electron chi connectivity index (χ0n) is 20.6. The Labute approximate surface area is 215 Å². The van der Waals surface area contributed by atoms with Crippen LogP contribution >= 0.6 is 22.7 Å². The number of benzene rings is 2. The molecule has 0 spiro atoms. The fourth-order valence-electron chi connectivity index (χ4n) is 4.27. The Hall–Kier alpha value is -2.45. The first-order valence-electron chi connectivity index (χ1n) is 12.3. The molecule has 0 saturated heterocycles. The van der Waals surface area contributed by atoms with Gasteiger partial charge in [0.1, 0.15) is 11.5 Å². The molecule has 2 aromatic carbocycles. The summed E-state index contributed by atoms with van der Waals surface area (Å²) in [7, 11) is 0. The molecular weight excluding hydrogens is 476 g/mol. The molecule has 1 unspecified atom stereocenters. The molecule has 0 fully saturated rings. The van der Waals surface area contributed by atoms with Gasteiger partial charge in [-0.3, -0.25) is 4.79 Å². The zero-order chi connectivity index (χ0) is 24.8. The first kappa shape index (κ1) is 25.6. The number of aromatic hydroxyl groups is 1. The topological polar surface area (TPSA) is 70.6 Å². The molecule has 4 aromatic rings. The van der Waals surface area contributed by atoms with Gasteiger partial charge in [0.05, 0.1) is 0 Å². The predicted octanol–water partition coefficient (Wildman–Crippen LogP) is 6.27. The van der Waals surface area contributed by atoms with Crippen molar-refractivity contribution in [3.8, 4) is 11.5 Å².